The molecule has 2 aliphatic heterocycles. The van der Waals surface area contributed by atoms with Gasteiger partial charge in [0.05, 0.1) is 11.2 Å². The van der Waals surface area contributed by atoms with Crippen LogP contribution in [-0.4, -0.2) is 17.2 Å². The Morgan fingerprint density at radius 3 is 2.18 bits per heavy atom. The van der Waals surface area contributed by atoms with Crippen LogP contribution in [0.1, 0.15) is 26.7 Å². The van der Waals surface area contributed by atoms with Gasteiger partial charge in [0.25, 0.3) is 0 Å². The molecule has 2 N–H and O–H groups in total. The van der Waals surface area contributed by atoms with Crippen molar-refractivity contribution in [1.29, 1.82) is 0 Å². The molecule has 0 amide bonds. The summed E-state index contributed by atoms with van der Waals surface area (Å²) in [6, 6.07) is 0.300. The minimum atomic E-state index is -0.0770. The van der Waals surface area contributed by atoms with E-state index >= 15 is 0 Å². The summed E-state index contributed by atoms with van der Waals surface area (Å²) >= 11 is 0. The number of hydrogen-bond donors (Lipinski definition) is 1. The van der Waals surface area contributed by atoms with Crippen LogP contribution in [0.3, 0.4) is 0 Å². The molecule has 0 aromatic carbocycles. The first-order valence-corrected chi connectivity index (χ1v) is 4.18. The predicted molar refractivity (Wildman–Crippen MR) is 44.2 cm³/mol. The zero-order valence-electron chi connectivity index (χ0n) is 7.13. The predicted octanol–water partition coefficient (Wildman–Crippen LogP) is 1.21. The summed E-state index contributed by atoms with van der Waals surface area (Å²) in [6.07, 6.45) is 6.22. The third-order valence-electron chi connectivity index (χ3n) is 2.59. The first-order chi connectivity index (χ1) is 5.02. The highest BCUT2D eigenvalue weighted by molar-refractivity contribution is 5.20. The lowest BCUT2D eigenvalue weighted by Gasteiger charge is -2.39. The summed E-state index contributed by atoms with van der Waals surface area (Å²) < 4.78 is 5.85. The van der Waals surface area contributed by atoms with Gasteiger partial charge in [-0.05, 0) is 26.7 Å². The Morgan fingerprint density at radius 2 is 1.73 bits per heavy atom. The van der Waals surface area contributed by atoms with Crippen LogP contribution in [-0.2, 0) is 4.74 Å². The van der Waals surface area contributed by atoms with Gasteiger partial charge in [0.2, 0.25) is 0 Å². The molecule has 2 heterocycles. The van der Waals surface area contributed by atoms with Crippen LogP contribution in [0.2, 0.25) is 0 Å². The Morgan fingerprint density at radius 1 is 1.27 bits per heavy atom. The minimum absolute atomic E-state index is 0.0770. The van der Waals surface area contributed by atoms with Crippen molar-refractivity contribution >= 4 is 0 Å². The molecule has 3 atom stereocenters. The Balaban J connectivity index is 2.28. The molecule has 2 bridgehead atoms. The van der Waals surface area contributed by atoms with Gasteiger partial charge in [-0.25, -0.2) is 0 Å². The van der Waals surface area contributed by atoms with Gasteiger partial charge in [-0.15, -0.1) is 0 Å². The lowest BCUT2D eigenvalue weighted by molar-refractivity contribution is -0.110. The smallest absolute Gasteiger partial charge is 0.0861 e. The molecule has 1 saturated heterocycles. The van der Waals surface area contributed by atoms with Gasteiger partial charge in [-0.2, -0.15) is 0 Å². The van der Waals surface area contributed by atoms with Crippen molar-refractivity contribution in [2.45, 2.75) is 43.9 Å². The fraction of sp³-hybridized carbons (Fsp3) is 0.778. The van der Waals surface area contributed by atoms with Crippen LogP contribution in [0.15, 0.2) is 12.2 Å². The number of nitrogens with two attached hydrogens (primary N) is 1. The van der Waals surface area contributed by atoms with Crippen molar-refractivity contribution in [1.82, 2.24) is 0 Å². The summed E-state index contributed by atoms with van der Waals surface area (Å²) in [6.45, 7) is 4.21. The third kappa shape index (κ3) is 1.10. The molecule has 2 rings (SSSR count). The number of ether oxygens (including phenoxy) is 1. The number of hydrogen-bond acceptors (Lipinski definition) is 2. The average Bonchev–Trinajstić information content (AvgIpc) is 2.01. The van der Waals surface area contributed by atoms with Gasteiger partial charge in [0.15, 0.2) is 0 Å². The van der Waals surface area contributed by atoms with Crippen molar-refractivity contribution in [2.24, 2.45) is 5.73 Å². The second-order valence-electron chi connectivity index (χ2n) is 4.23. The zero-order chi connectivity index (χ0) is 8.11. The van der Waals surface area contributed by atoms with Crippen molar-refractivity contribution in [3.05, 3.63) is 12.2 Å². The van der Waals surface area contributed by atoms with Gasteiger partial charge in [-0.3, -0.25) is 0 Å². The lowest BCUT2D eigenvalue weighted by Crippen LogP contribution is -2.47. The molecule has 11 heavy (non-hydrogen) atoms. The van der Waals surface area contributed by atoms with E-state index in [-0.39, 0.29) is 11.2 Å². The Hall–Kier alpha value is -0.340. The molecule has 2 unspecified atom stereocenters. The molecule has 62 valence electrons. The highest BCUT2D eigenvalue weighted by Crippen LogP contribution is 2.41. The SMILES string of the molecule is CC12C=C[C@](C)(CC(N)C1)O2. The van der Waals surface area contributed by atoms with E-state index in [4.69, 9.17) is 10.5 Å². The van der Waals surface area contributed by atoms with E-state index in [2.05, 4.69) is 26.0 Å². The first kappa shape index (κ1) is 7.32. The molecule has 2 aliphatic rings. The Kier molecular flexibility index (Phi) is 1.25. The van der Waals surface area contributed by atoms with Crippen LogP contribution in [0.25, 0.3) is 0 Å². The number of rotatable bonds is 0. The van der Waals surface area contributed by atoms with E-state index in [0.29, 0.717) is 6.04 Å². The minimum Gasteiger partial charge on any atom is -0.361 e. The summed E-state index contributed by atoms with van der Waals surface area (Å²) in [5.74, 6) is 0. The van der Waals surface area contributed by atoms with Crippen LogP contribution in [0.4, 0.5) is 0 Å². The molecule has 0 saturated carbocycles. The fourth-order valence-electron chi connectivity index (χ4n) is 2.29. The molecular weight excluding hydrogens is 138 g/mol. The van der Waals surface area contributed by atoms with Crippen LogP contribution in [0.5, 0.6) is 0 Å². The molecule has 0 aliphatic carbocycles. The molecule has 0 aromatic rings. The molecule has 0 spiro atoms. The average molecular weight is 153 g/mol. The van der Waals surface area contributed by atoms with Gasteiger partial charge >= 0.3 is 0 Å². The zero-order valence-corrected chi connectivity index (χ0v) is 7.13. The maximum Gasteiger partial charge on any atom is 0.0861 e. The number of fused-ring (bicyclic) bond motifs is 2. The van der Waals surface area contributed by atoms with E-state index in [1.54, 1.807) is 0 Å². The summed E-state index contributed by atoms with van der Waals surface area (Å²) in [7, 11) is 0. The maximum absolute atomic E-state index is 5.91. The van der Waals surface area contributed by atoms with E-state index in [1.807, 2.05) is 0 Å². The Labute approximate surface area is 67.4 Å². The maximum atomic E-state index is 5.91. The van der Waals surface area contributed by atoms with Gasteiger partial charge in [0, 0.05) is 6.04 Å². The lowest BCUT2D eigenvalue weighted by atomic mass is 9.90. The largest absolute Gasteiger partial charge is 0.361 e. The quantitative estimate of drug-likeness (QED) is 0.531. The van der Waals surface area contributed by atoms with E-state index in [0.717, 1.165) is 12.8 Å². The van der Waals surface area contributed by atoms with Gasteiger partial charge in [0.1, 0.15) is 0 Å². The standard InChI is InChI=1S/C9H15NO/c1-8-3-4-9(2,11-8)6-7(10)5-8/h3-4,7H,5-6,10H2,1-2H3/t7?,8-,9?/m1/s1. The second-order valence-corrected chi connectivity index (χ2v) is 4.23. The second kappa shape index (κ2) is 1.87. The Bertz CT molecular complexity index is 194. The van der Waals surface area contributed by atoms with Crippen LogP contribution < -0.4 is 5.73 Å². The monoisotopic (exact) mass is 153 g/mol. The molecular formula is C9H15NO. The van der Waals surface area contributed by atoms with Crippen molar-refractivity contribution < 1.29 is 4.74 Å². The fourth-order valence-corrected chi connectivity index (χ4v) is 2.29. The topological polar surface area (TPSA) is 35.2 Å². The highest BCUT2D eigenvalue weighted by atomic mass is 16.5. The van der Waals surface area contributed by atoms with Crippen molar-refractivity contribution in [3.8, 4) is 0 Å². The van der Waals surface area contributed by atoms with E-state index in [9.17, 15) is 0 Å². The van der Waals surface area contributed by atoms with Gasteiger partial charge in [-0.1, -0.05) is 12.2 Å². The molecule has 2 nitrogen and oxygen atoms in total. The summed E-state index contributed by atoms with van der Waals surface area (Å²) in [4.78, 5) is 0. The van der Waals surface area contributed by atoms with Gasteiger partial charge < -0.3 is 10.5 Å². The van der Waals surface area contributed by atoms with E-state index in [1.165, 1.54) is 0 Å². The molecule has 1 fully saturated rings. The summed E-state index contributed by atoms with van der Waals surface area (Å²) in [5.41, 5.74) is 5.75. The van der Waals surface area contributed by atoms with Crippen molar-refractivity contribution in [3.63, 3.8) is 0 Å². The summed E-state index contributed by atoms with van der Waals surface area (Å²) in [5, 5.41) is 0. The van der Waals surface area contributed by atoms with Crippen LogP contribution >= 0.6 is 0 Å². The molecule has 2 heteroatoms. The first-order valence-electron chi connectivity index (χ1n) is 4.18. The van der Waals surface area contributed by atoms with Crippen LogP contribution in [0, 0.1) is 0 Å². The van der Waals surface area contributed by atoms with Crippen molar-refractivity contribution in [2.75, 3.05) is 0 Å². The highest BCUT2D eigenvalue weighted by Gasteiger charge is 2.45. The normalized spacial score (nSPS) is 55.0. The third-order valence-corrected chi connectivity index (χ3v) is 2.59. The molecule has 0 radical (unpaired) electrons. The molecule has 0 aromatic heterocycles. The van der Waals surface area contributed by atoms with E-state index < -0.39 is 0 Å².